The molecule has 0 saturated heterocycles. The first-order chi connectivity index (χ1) is 8.06. The molecule has 0 aromatic heterocycles. The summed E-state index contributed by atoms with van der Waals surface area (Å²) in [4.78, 5) is 1.95. The minimum absolute atomic E-state index is 0.334. The number of rotatable bonds is 3. The van der Waals surface area contributed by atoms with Crippen molar-refractivity contribution in [2.45, 2.75) is 31.6 Å². The summed E-state index contributed by atoms with van der Waals surface area (Å²) in [5.41, 5.74) is 5.82. The lowest BCUT2D eigenvalue weighted by Crippen LogP contribution is -2.47. The Kier molecular flexibility index (Phi) is 4.08. The fourth-order valence-corrected chi connectivity index (χ4v) is 1.57. The molecule has 0 amide bonds. The van der Waals surface area contributed by atoms with Crippen LogP contribution in [0.15, 0.2) is 24.3 Å². The van der Waals surface area contributed by atoms with Gasteiger partial charge in [0, 0.05) is 11.6 Å². The van der Waals surface area contributed by atoms with Crippen LogP contribution in [0.1, 0.15) is 31.0 Å². The van der Waals surface area contributed by atoms with Gasteiger partial charge in [0.25, 0.3) is 0 Å². The topological polar surface area (TPSA) is 29.3 Å². The van der Waals surface area contributed by atoms with Gasteiger partial charge in [0.05, 0.1) is 5.56 Å². The molecule has 5 heteroatoms. The highest BCUT2D eigenvalue weighted by molar-refractivity contribution is 5.28. The minimum Gasteiger partial charge on any atom is -0.322 e. The molecule has 2 nitrogen and oxygen atoms in total. The van der Waals surface area contributed by atoms with E-state index in [1.807, 2.05) is 32.8 Å². The van der Waals surface area contributed by atoms with E-state index in [0.29, 0.717) is 5.56 Å². The van der Waals surface area contributed by atoms with Crippen LogP contribution in [0.2, 0.25) is 0 Å². The van der Waals surface area contributed by atoms with Crippen LogP contribution in [0, 0.1) is 0 Å². The molecular weight excluding hydrogens is 241 g/mol. The number of likely N-dealkylation sites (N-methyl/N-ethyl adjacent to an activating group) is 1. The summed E-state index contributed by atoms with van der Waals surface area (Å²) in [7, 11) is 3.79. The maximum absolute atomic E-state index is 12.4. The first-order valence-electron chi connectivity index (χ1n) is 5.67. The lowest BCUT2D eigenvalue weighted by molar-refractivity contribution is -0.137. The van der Waals surface area contributed by atoms with Crippen molar-refractivity contribution in [1.82, 2.24) is 4.90 Å². The molecule has 0 radical (unpaired) electrons. The smallest absolute Gasteiger partial charge is 0.322 e. The third kappa shape index (κ3) is 3.03. The Labute approximate surface area is 106 Å². The monoisotopic (exact) mass is 260 g/mol. The molecule has 1 aromatic rings. The van der Waals surface area contributed by atoms with Crippen LogP contribution in [0.3, 0.4) is 0 Å². The molecule has 1 rings (SSSR count). The van der Waals surface area contributed by atoms with Gasteiger partial charge in [0.2, 0.25) is 0 Å². The van der Waals surface area contributed by atoms with E-state index in [1.54, 1.807) is 0 Å². The quantitative estimate of drug-likeness (QED) is 0.905. The van der Waals surface area contributed by atoms with E-state index in [9.17, 15) is 13.2 Å². The van der Waals surface area contributed by atoms with E-state index < -0.39 is 11.7 Å². The highest BCUT2D eigenvalue weighted by atomic mass is 19.4. The van der Waals surface area contributed by atoms with E-state index in [2.05, 4.69) is 0 Å². The number of hydrogen-bond donors (Lipinski definition) is 1. The van der Waals surface area contributed by atoms with Gasteiger partial charge in [-0.1, -0.05) is 12.1 Å². The highest BCUT2D eigenvalue weighted by Crippen LogP contribution is 2.32. The Morgan fingerprint density at radius 3 is 1.83 bits per heavy atom. The maximum Gasteiger partial charge on any atom is 0.416 e. The molecule has 0 spiro atoms. The second-order valence-electron chi connectivity index (χ2n) is 5.15. The highest BCUT2D eigenvalue weighted by Gasteiger charge is 2.32. The van der Waals surface area contributed by atoms with Gasteiger partial charge in [-0.2, -0.15) is 13.2 Å². The number of halogens is 3. The normalized spacial score (nSPS) is 14.9. The third-order valence-corrected chi connectivity index (χ3v) is 3.51. The van der Waals surface area contributed by atoms with Gasteiger partial charge in [-0.15, -0.1) is 0 Å². The zero-order valence-electron chi connectivity index (χ0n) is 11.0. The lowest BCUT2D eigenvalue weighted by atomic mass is 9.88. The summed E-state index contributed by atoms with van der Waals surface area (Å²) in [6.07, 6.45) is -4.31. The molecule has 0 fully saturated rings. The summed E-state index contributed by atoms with van der Waals surface area (Å²) in [5.74, 6) is 0. The summed E-state index contributed by atoms with van der Waals surface area (Å²) in [6.45, 7) is 3.91. The van der Waals surface area contributed by atoms with Gasteiger partial charge in [0.15, 0.2) is 0 Å². The largest absolute Gasteiger partial charge is 0.416 e. The number of nitrogens with two attached hydrogens (primary N) is 1. The Morgan fingerprint density at radius 2 is 1.50 bits per heavy atom. The second kappa shape index (κ2) is 4.90. The van der Waals surface area contributed by atoms with E-state index in [-0.39, 0.29) is 11.6 Å². The lowest BCUT2D eigenvalue weighted by Gasteiger charge is -2.38. The van der Waals surface area contributed by atoms with Gasteiger partial charge < -0.3 is 10.6 Å². The van der Waals surface area contributed by atoms with Crippen LogP contribution in [-0.2, 0) is 6.18 Å². The molecule has 1 aromatic carbocycles. The molecule has 18 heavy (non-hydrogen) atoms. The fraction of sp³-hybridized carbons (Fsp3) is 0.538. The molecule has 1 atom stereocenters. The van der Waals surface area contributed by atoms with Crippen LogP contribution < -0.4 is 5.73 Å². The Morgan fingerprint density at radius 1 is 1.06 bits per heavy atom. The maximum atomic E-state index is 12.4. The Hall–Kier alpha value is -1.07. The van der Waals surface area contributed by atoms with E-state index in [4.69, 9.17) is 5.73 Å². The third-order valence-electron chi connectivity index (χ3n) is 3.51. The van der Waals surface area contributed by atoms with Crippen molar-refractivity contribution in [1.29, 1.82) is 0 Å². The van der Waals surface area contributed by atoms with Crippen molar-refractivity contribution in [3.8, 4) is 0 Å². The molecule has 0 heterocycles. The van der Waals surface area contributed by atoms with Crippen molar-refractivity contribution >= 4 is 0 Å². The van der Waals surface area contributed by atoms with E-state index >= 15 is 0 Å². The van der Waals surface area contributed by atoms with E-state index in [0.717, 1.165) is 12.1 Å². The number of benzene rings is 1. The molecule has 0 saturated carbocycles. The average molecular weight is 260 g/mol. The van der Waals surface area contributed by atoms with Gasteiger partial charge >= 0.3 is 6.18 Å². The summed E-state index contributed by atoms with van der Waals surface area (Å²) < 4.78 is 37.3. The van der Waals surface area contributed by atoms with Crippen molar-refractivity contribution in [2.75, 3.05) is 14.1 Å². The summed E-state index contributed by atoms with van der Waals surface area (Å²) in [6, 6.07) is 4.68. The SMILES string of the molecule is CN(C)C(C)(C)C(N)c1ccc(C(F)(F)F)cc1. The molecule has 1 unspecified atom stereocenters. The zero-order valence-corrected chi connectivity index (χ0v) is 11.0. The second-order valence-corrected chi connectivity index (χ2v) is 5.15. The van der Waals surface area contributed by atoms with Gasteiger partial charge in [-0.05, 0) is 45.6 Å². The van der Waals surface area contributed by atoms with Crippen LogP contribution >= 0.6 is 0 Å². The molecule has 0 bridgehead atoms. The Balaban J connectivity index is 2.99. The predicted octanol–water partition coefficient (Wildman–Crippen LogP) is 3.05. The zero-order chi connectivity index (χ0) is 14.1. The van der Waals surface area contributed by atoms with Gasteiger partial charge in [-0.3, -0.25) is 0 Å². The van der Waals surface area contributed by atoms with Crippen molar-refractivity contribution < 1.29 is 13.2 Å². The van der Waals surface area contributed by atoms with E-state index in [1.165, 1.54) is 12.1 Å². The minimum atomic E-state index is -4.31. The Bertz CT molecular complexity index is 394. The number of alkyl halides is 3. The van der Waals surface area contributed by atoms with Gasteiger partial charge in [0.1, 0.15) is 0 Å². The predicted molar refractivity (Wildman–Crippen MR) is 66.1 cm³/mol. The van der Waals surface area contributed by atoms with Gasteiger partial charge in [-0.25, -0.2) is 0 Å². The van der Waals surface area contributed by atoms with Crippen molar-refractivity contribution in [3.05, 3.63) is 35.4 Å². The van der Waals surface area contributed by atoms with Crippen LogP contribution in [-0.4, -0.2) is 24.5 Å². The van der Waals surface area contributed by atoms with Crippen molar-refractivity contribution in [3.63, 3.8) is 0 Å². The molecular formula is C13H19F3N2. The molecule has 0 aliphatic carbocycles. The van der Waals surface area contributed by atoms with Crippen LogP contribution in [0.5, 0.6) is 0 Å². The summed E-state index contributed by atoms with van der Waals surface area (Å²) in [5, 5.41) is 0. The summed E-state index contributed by atoms with van der Waals surface area (Å²) >= 11 is 0. The number of hydrogen-bond acceptors (Lipinski definition) is 2. The first-order valence-corrected chi connectivity index (χ1v) is 5.67. The molecule has 102 valence electrons. The standard InChI is InChI=1S/C13H19F3N2/c1-12(2,18(3)4)11(17)9-5-7-10(8-6-9)13(14,15)16/h5-8,11H,17H2,1-4H3. The number of nitrogens with zero attached hydrogens (tertiary/aromatic N) is 1. The van der Waals surface area contributed by atoms with Crippen LogP contribution in [0.25, 0.3) is 0 Å². The fourth-order valence-electron chi connectivity index (χ4n) is 1.57. The van der Waals surface area contributed by atoms with Crippen LogP contribution in [0.4, 0.5) is 13.2 Å². The molecule has 0 aliphatic rings. The first kappa shape index (κ1) is 15.0. The molecule has 2 N–H and O–H groups in total. The molecule has 0 aliphatic heterocycles. The van der Waals surface area contributed by atoms with Crippen molar-refractivity contribution in [2.24, 2.45) is 5.73 Å². The average Bonchev–Trinajstić information content (AvgIpc) is 2.26.